The second-order valence-corrected chi connectivity index (χ2v) is 3.84. The van der Waals surface area contributed by atoms with Crippen molar-refractivity contribution in [3.8, 4) is 0 Å². The maximum absolute atomic E-state index is 4.14. The predicted molar refractivity (Wildman–Crippen MR) is 74.2 cm³/mol. The maximum Gasteiger partial charge on any atom is 0.0624 e. The van der Waals surface area contributed by atoms with Gasteiger partial charge in [0.05, 0.1) is 11.9 Å². The highest BCUT2D eigenvalue weighted by molar-refractivity contribution is 5.95. The van der Waals surface area contributed by atoms with E-state index in [9.17, 15) is 0 Å². The van der Waals surface area contributed by atoms with E-state index in [0.29, 0.717) is 0 Å². The van der Waals surface area contributed by atoms with Crippen LogP contribution < -0.4 is 0 Å². The third-order valence-electron chi connectivity index (χ3n) is 1.85. The van der Waals surface area contributed by atoms with Crippen LogP contribution in [0.15, 0.2) is 45.7 Å². The number of hydrogen-bond acceptors (Lipinski definition) is 2. The van der Waals surface area contributed by atoms with Crippen molar-refractivity contribution in [1.29, 1.82) is 0 Å². The van der Waals surface area contributed by atoms with Crippen LogP contribution in [0.5, 0.6) is 0 Å². The van der Waals surface area contributed by atoms with Crippen molar-refractivity contribution in [1.82, 2.24) is 0 Å². The van der Waals surface area contributed by atoms with Crippen molar-refractivity contribution < 1.29 is 0 Å². The zero-order valence-electron chi connectivity index (χ0n) is 11.0. The van der Waals surface area contributed by atoms with Gasteiger partial charge in [0.15, 0.2) is 0 Å². The lowest BCUT2D eigenvalue weighted by Crippen LogP contribution is -1.88. The van der Waals surface area contributed by atoms with E-state index in [2.05, 4.69) is 37.1 Å². The van der Waals surface area contributed by atoms with E-state index in [0.717, 1.165) is 17.7 Å². The summed E-state index contributed by atoms with van der Waals surface area (Å²) >= 11 is 0. The topological polar surface area (TPSA) is 24.7 Å². The second kappa shape index (κ2) is 8.84. The lowest BCUT2D eigenvalue weighted by molar-refractivity contribution is 1.18. The molecule has 0 aromatic heterocycles. The first-order chi connectivity index (χ1) is 7.60. The molecule has 0 bridgehead atoms. The summed E-state index contributed by atoms with van der Waals surface area (Å²) in [6, 6.07) is 0. The molecule has 0 aromatic rings. The van der Waals surface area contributed by atoms with Gasteiger partial charge in [-0.3, -0.25) is 0 Å². The highest BCUT2D eigenvalue weighted by atomic mass is 15.2. The maximum atomic E-state index is 4.14. The Bertz CT molecular complexity index is 338. The molecule has 0 amide bonds. The Morgan fingerprint density at radius 3 is 2.31 bits per heavy atom. The predicted octanol–water partition coefficient (Wildman–Crippen LogP) is 4.31. The van der Waals surface area contributed by atoms with Gasteiger partial charge in [-0.2, -0.15) is 10.2 Å². The molecule has 0 aromatic carbocycles. The average molecular weight is 218 g/mol. The zero-order valence-corrected chi connectivity index (χ0v) is 11.0. The Balaban J connectivity index is 4.49. The third-order valence-corrected chi connectivity index (χ3v) is 1.85. The fraction of sp³-hybridized carbons (Fsp3) is 0.429. The lowest BCUT2D eigenvalue weighted by Gasteiger charge is -1.91. The molecule has 0 saturated heterocycles. The van der Waals surface area contributed by atoms with Gasteiger partial charge in [0, 0.05) is 0 Å². The first kappa shape index (κ1) is 14.6. The van der Waals surface area contributed by atoms with Crippen LogP contribution in [-0.4, -0.2) is 11.9 Å². The minimum atomic E-state index is 0.901. The molecule has 0 heterocycles. The normalized spacial score (nSPS) is 13.8. The Morgan fingerprint density at radius 2 is 1.81 bits per heavy atom. The van der Waals surface area contributed by atoms with Gasteiger partial charge in [0.25, 0.3) is 0 Å². The van der Waals surface area contributed by atoms with Gasteiger partial charge in [-0.1, -0.05) is 30.7 Å². The molecule has 0 aliphatic rings. The van der Waals surface area contributed by atoms with E-state index < -0.39 is 0 Å². The molecule has 0 fully saturated rings. The molecule has 0 radical (unpaired) electrons. The van der Waals surface area contributed by atoms with E-state index in [1.807, 2.05) is 32.1 Å². The second-order valence-electron chi connectivity index (χ2n) is 3.84. The van der Waals surface area contributed by atoms with Crippen molar-refractivity contribution in [2.24, 2.45) is 10.2 Å². The monoisotopic (exact) mass is 218 g/mol. The van der Waals surface area contributed by atoms with Gasteiger partial charge in [-0.25, -0.2) is 0 Å². The number of nitrogens with zero attached hydrogens (tertiary/aromatic N) is 2. The molecule has 0 aliphatic carbocycles. The summed E-state index contributed by atoms with van der Waals surface area (Å²) in [4.78, 5) is 0. The standard InChI is InChI=1S/C14H22N2/c1-6-8-14(7-2)16-15-11-13(5)10-9-12(3)4/h6,8-11H,7H2,1-5H3/b8-6-,13-10+,15-11-,16-14-. The first-order valence-electron chi connectivity index (χ1n) is 5.64. The highest BCUT2D eigenvalue weighted by Gasteiger charge is 1.86. The quantitative estimate of drug-likeness (QED) is 0.373. The summed E-state index contributed by atoms with van der Waals surface area (Å²) in [5.41, 5.74) is 3.37. The molecule has 0 unspecified atom stereocenters. The van der Waals surface area contributed by atoms with Gasteiger partial charge < -0.3 is 0 Å². The average Bonchev–Trinajstić information content (AvgIpc) is 2.25. The largest absolute Gasteiger partial charge is 0.159 e. The minimum Gasteiger partial charge on any atom is -0.159 e. The van der Waals surface area contributed by atoms with Crippen LogP contribution in [0, 0.1) is 0 Å². The van der Waals surface area contributed by atoms with Gasteiger partial charge in [0.2, 0.25) is 0 Å². The highest BCUT2D eigenvalue weighted by Crippen LogP contribution is 1.95. The van der Waals surface area contributed by atoms with E-state index >= 15 is 0 Å². The summed E-state index contributed by atoms with van der Waals surface area (Å²) in [6.45, 7) is 10.2. The molecule has 88 valence electrons. The molecule has 16 heavy (non-hydrogen) atoms. The molecule has 0 saturated carbocycles. The zero-order chi connectivity index (χ0) is 12.4. The number of rotatable bonds is 5. The molecule has 0 aliphatic heterocycles. The van der Waals surface area contributed by atoms with Crippen molar-refractivity contribution in [2.75, 3.05) is 0 Å². The van der Waals surface area contributed by atoms with Crippen LogP contribution in [0.2, 0.25) is 0 Å². The molecular weight excluding hydrogens is 196 g/mol. The van der Waals surface area contributed by atoms with E-state index in [1.165, 1.54) is 5.57 Å². The first-order valence-corrected chi connectivity index (χ1v) is 5.64. The van der Waals surface area contributed by atoms with Crippen LogP contribution >= 0.6 is 0 Å². The van der Waals surface area contributed by atoms with Gasteiger partial charge in [0.1, 0.15) is 0 Å². The fourth-order valence-electron chi connectivity index (χ4n) is 0.950. The molecular formula is C14H22N2. The van der Waals surface area contributed by atoms with Crippen molar-refractivity contribution in [3.63, 3.8) is 0 Å². The van der Waals surface area contributed by atoms with E-state index in [-0.39, 0.29) is 0 Å². The molecule has 2 nitrogen and oxygen atoms in total. The molecule has 0 atom stereocenters. The summed E-state index contributed by atoms with van der Waals surface area (Å²) in [5.74, 6) is 0. The smallest absolute Gasteiger partial charge is 0.0624 e. The Morgan fingerprint density at radius 1 is 1.12 bits per heavy atom. The Kier molecular flexibility index (Phi) is 8.04. The van der Waals surface area contributed by atoms with Crippen LogP contribution in [0.4, 0.5) is 0 Å². The molecule has 2 heteroatoms. The van der Waals surface area contributed by atoms with Crippen molar-refractivity contribution in [3.05, 3.63) is 35.5 Å². The van der Waals surface area contributed by atoms with Crippen LogP contribution in [0.3, 0.4) is 0 Å². The minimum absolute atomic E-state index is 0.901. The summed E-state index contributed by atoms with van der Waals surface area (Å²) < 4.78 is 0. The van der Waals surface area contributed by atoms with Gasteiger partial charge in [-0.15, -0.1) is 0 Å². The van der Waals surface area contributed by atoms with E-state index in [4.69, 9.17) is 0 Å². The summed E-state index contributed by atoms with van der Waals surface area (Å²) in [6.07, 6.45) is 10.7. The number of hydrogen-bond donors (Lipinski definition) is 0. The van der Waals surface area contributed by atoms with Gasteiger partial charge >= 0.3 is 0 Å². The molecule has 0 N–H and O–H groups in total. The molecule has 0 rings (SSSR count). The lowest BCUT2D eigenvalue weighted by atomic mass is 10.2. The molecule has 0 spiro atoms. The number of allylic oxidation sites excluding steroid dienone is 6. The van der Waals surface area contributed by atoms with Gasteiger partial charge in [-0.05, 0) is 45.8 Å². The SMILES string of the molecule is C\C=C/C(CC)=N\N=C/C(C)=C/C=C(C)C. The third kappa shape index (κ3) is 7.92. The summed E-state index contributed by atoms with van der Waals surface area (Å²) in [5, 5.41) is 8.19. The van der Waals surface area contributed by atoms with Crippen molar-refractivity contribution in [2.45, 2.75) is 41.0 Å². The fourth-order valence-corrected chi connectivity index (χ4v) is 0.950. The van der Waals surface area contributed by atoms with Crippen LogP contribution in [0.1, 0.15) is 41.0 Å². The van der Waals surface area contributed by atoms with Crippen molar-refractivity contribution >= 4 is 11.9 Å². The Labute approximate surface area is 99.2 Å². The van der Waals surface area contributed by atoms with E-state index in [1.54, 1.807) is 6.21 Å². The van der Waals surface area contributed by atoms with Crippen LogP contribution in [-0.2, 0) is 0 Å². The summed E-state index contributed by atoms with van der Waals surface area (Å²) in [7, 11) is 0. The Hall–Kier alpha value is -1.44. The van der Waals surface area contributed by atoms with Crippen LogP contribution in [0.25, 0.3) is 0 Å².